The van der Waals surface area contributed by atoms with E-state index in [1.165, 1.54) is 6.07 Å². The molecule has 5 nitrogen and oxygen atoms in total. The largest absolute Gasteiger partial charge is 0.478 e. The number of carboxylic acids is 1. The van der Waals surface area contributed by atoms with Gasteiger partial charge in [0.1, 0.15) is 0 Å². The van der Waals surface area contributed by atoms with Crippen molar-refractivity contribution in [1.29, 1.82) is 0 Å². The van der Waals surface area contributed by atoms with Crippen LogP contribution in [-0.4, -0.2) is 23.0 Å². The van der Waals surface area contributed by atoms with E-state index in [0.29, 0.717) is 16.6 Å². The first-order valence-corrected chi connectivity index (χ1v) is 6.34. The van der Waals surface area contributed by atoms with Gasteiger partial charge in [-0.05, 0) is 40.5 Å². The smallest absolute Gasteiger partial charge is 0.336 e. The van der Waals surface area contributed by atoms with Gasteiger partial charge in [0.25, 0.3) is 0 Å². The maximum atomic E-state index is 11.7. The van der Waals surface area contributed by atoms with E-state index in [1.807, 2.05) is 6.92 Å². The number of nitrogens with two attached hydrogens (primary N) is 1. The van der Waals surface area contributed by atoms with Gasteiger partial charge in [-0.2, -0.15) is 0 Å². The summed E-state index contributed by atoms with van der Waals surface area (Å²) in [6.07, 6.45) is 1.41. The Morgan fingerprint density at radius 3 is 2.72 bits per heavy atom. The second-order valence-corrected chi connectivity index (χ2v) is 4.74. The molecule has 0 unspecified atom stereocenters. The second-order valence-electron chi connectivity index (χ2n) is 3.88. The number of hydrogen-bond acceptors (Lipinski definition) is 3. The number of amides is 1. The molecule has 1 aromatic rings. The van der Waals surface area contributed by atoms with Crippen LogP contribution >= 0.6 is 15.9 Å². The first-order chi connectivity index (χ1) is 8.45. The van der Waals surface area contributed by atoms with E-state index in [4.69, 9.17) is 10.8 Å². The molecule has 18 heavy (non-hydrogen) atoms. The molecule has 0 aliphatic carbocycles. The molecule has 1 aromatic carbocycles. The summed E-state index contributed by atoms with van der Waals surface area (Å²) in [5.41, 5.74) is 6.18. The highest BCUT2D eigenvalue weighted by Crippen LogP contribution is 2.21. The minimum Gasteiger partial charge on any atom is -0.478 e. The van der Waals surface area contributed by atoms with Gasteiger partial charge in [0.05, 0.1) is 11.6 Å². The highest BCUT2D eigenvalue weighted by molar-refractivity contribution is 9.10. The van der Waals surface area contributed by atoms with Crippen molar-refractivity contribution in [2.75, 3.05) is 5.32 Å². The lowest BCUT2D eigenvalue weighted by Crippen LogP contribution is -2.35. The van der Waals surface area contributed by atoms with Gasteiger partial charge in [0.2, 0.25) is 5.91 Å². The van der Waals surface area contributed by atoms with Crippen LogP contribution < -0.4 is 11.1 Å². The monoisotopic (exact) mass is 314 g/mol. The SMILES string of the molecule is CCC[C@H](N)C(=O)Nc1ccc(Br)c(C(=O)O)c1. The lowest BCUT2D eigenvalue weighted by molar-refractivity contribution is -0.117. The average Bonchev–Trinajstić information content (AvgIpc) is 2.31. The molecule has 1 atom stereocenters. The molecule has 0 fully saturated rings. The van der Waals surface area contributed by atoms with Crippen LogP contribution in [-0.2, 0) is 4.79 Å². The number of nitrogens with one attached hydrogen (secondary N) is 1. The van der Waals surface area contributed by atoms with Crippen LogP contribution in [0.2, 0.25) is 0 Å². The van der Waals surface area contributed by atoms with Crippen LogP contribution in [0.15, 0.2) is 22.7 Å². The Kier molecular flexibility index (Phi) is 5.30. The van der Waals surface area contributed by atoms with Gasteiger partial charge in [-0.25, -0.2) is 4.79 Å². The topological polar surface area (TPSA) is 92.4 Å². The van der Waals surface area contributed by atoms with Crippen molar-refractivity contribution < 1.29 is 14.7 Å². The van der Waals surface area contributed by atoms with Gasteiger partial charge in [-0.1, -0.05) is 13.3 Å². The molecular weight excluding hydrogens is 300 g/mol. The van der Waals surface area contributed by atoms with Crippen LogP contribution in [0, 0.1) is 0 Å². The molecule has 0 radical (unpaired) electrons. The van der Waals surface area contributed by atoms with E-state index in [2.05, 4.69) is 21.2 Å². The second kappa shape index (κ2) is 6.51. The molecule has 0 bridgehead atoms. The Balaban J connectivity index is 2.82. The summed E-state index contributed by atoms with van der Waals surface area (Å²) in [6.45, 7) is 1.94. The van der Waals surface area contributed by atoms with Crippen LogP contribution in [0.5, 0.6) is 0 Å². The van der Waals surface area contributed by atoms with E-state index >= 15 is 0 Å². The Hall–Kier alpha value is -1.40. The van der Waals surface area contributed by atoms with Gasteiger partial charge in [0.15, 0.2) is 0 Å². The summed E-state index contributed by atoms with van der Waals surface area (Å²) in [5.74, 6) is -1.37. The third-order valence-corrected chi connectivity index (χ3v) is 3.09. The minimum absolute atomic E-state index is 0.0943. The van der Waals surface area contributed by atoms with E-state index in [1.54, 1.807) is 12.1 Å². The number of aromatic carboxylic acids is 1. The summed E-state index contributed by atoms with van der Waals surface area (Å²) in [5, 5.41) is 11.6. The number of carboxylic acid groups (broad SMARTS) is 1. The van der Waals surface area contributed by atoms with Crippen molar-refractivity contribution >= 4 is 33.5 Å². The van der Waals surface area contributed by atoms with Crippen molar-refractivity contribution in [3.8, 4) is 0 Å². The van der Waals surface area contributed by atoms with Crippen LogP contribution in [0.4, 0.5) is 5.69 Å². The fourth-order valence-corrected chi connectivity index (χ4v) is 1.86. The van der Waals surface area contributed by atoms with E-state index in [0.717, 1.165) is 6.42 Å². The number of carbonyl (C=O) groups is 2. The maximum Gasteiger partial charge on any atom is 0.336 e. The summed E-state index contributed by atoms with van der Waals surface area (Å²) in [7, 11) is 0. The fraction of sp³-hybridized carbons (Fsp3) is 0.333. The Labute approximate surface area is 113 Å². The van der Waals surface area contributed by atoms with Gasteiger partial charge in [0, 0.05) is 10.2 Å². The van der Waals surface area contributed by atoms with Crippen LogP contribution in [0.3, 0.4) is 0 Å². The average molecular weight is 315 g/mol. The van der Waals surface area contributed by atoms with Crippen molar-refractivity contribution in [2.45, 2.75) is 25.8 Å². The van der Waals surface area contributed by atoms with Crippen LogP contribution in [0.1, 0.15) is 30.1 Å². The Bertz CT molecular complexity index is 463. The number of hydrogen-bond donors (Lipinski definition) is 3. The molecule has 0 aromatic heterocycles. The number of carbonyl (C=O) groups excluding carboxylic acids is 1. The van der Waals surface area contributed by atoms with E-state index in [9.17, 15) is 9.59 Å². The molecule has 0 aliphatic heterocycles. The standard InChI is InChI=1S/C12H15BrN2O3/c1-2-3-10(14)11(16)15-7-4-5-9(13)8(6-7)12(17)18/h4-6,10H,2-3,14H2,1H3,(H,15,16)(H,17,18)/t10-/m0/s1. The zero-order valence-corrected chi connectivity index (χ0v) is 11.5. The quantitative estimate of drug-likeness (QED) is 0.777. The summed E-state index contributed by atoms with van der Waals surface area (Å²) >= 11 is 3.13. The molecule has 0 saturated carbocycles. The predicted molar refractivity (Wildman–Crippen MR) is 72.6 cm³/mol. The van der Waals surface area contributed by atoms with E-state index < -0.39 is 12.0 Å². The molecule has 0 heterocycles. The number of halogens is 1. The Morgan fingerprint density at radius 2 is 2.17 bits per heavy atom. The number of rotatable bonds is 5. The van der Waals surface area contributed by atoms with Gasteiger partial charge in [-0.3, -0.25) is 4.79 Å². The minimum atomic E-state index is -1.06. The zero-order chi connectivity index (χ0) is 13.7. The molecule has 6 heteroatoms. The predicted octanol–water partition coefficient (Wildman–Crippen LogP) is 2.21. The first-order valence-electron chi connectivity index (χ1n) is 5.55. The van der Waals surface area contributed by atoms with E-state index in [-0.39, 0.29) is 11.5 Å². The normalized spacial score (nSPS) is 11.9. The lowest BCUT2D eigenvalue weighted by atomic mass is 10.1. The summed E-state index contributed by atoms with van der Waals surface area (Å²) in [6, 6.07) is 4.01. The van der Waals surface area contributed by atoms with Crippen molar-refractivity contribution in [1.82, 2.24) is 0 Å². The third kappa shape index (κ3) is 3.82. The van der Waals surface area contributed by atoms with Gasteiger partial charge >= 0.3 is 5.97 Å². The molecule has 0 saturated heterocycles. The van der Waals surface area contributed by atoms with Gasteiger partial charge < -0.3 is 16.2 Å². The fourth-order valence-electron chi connectivity index (χ4n) is 1.44. The van der Waals surface area contributed by atoms with Gasteiger partial charge in [-0.15, -0.1) is 0 Å². The molecule has 1 rings (SSSR count). The molecule has 0 aliphatic rings. The Morgan fingerprint density at radius 1 is 1.50 bits per heavy atom. The number of anilines is 1. The van der Waals surface area contributed by atoms with Crippen molar-refractivity contribution in [3.63, 3.8) is 0 Å². The molecular formula is C12H15BrN2O3. The third-order valence-electron chi connectivity index (χ3n) is 2.40. The van der Waals surface area contributed by atoms with Crippen molar-refractivity contribution in [3.05, 3.63) is 28.2 Å². The highest BCUT2D eigenvalue weighted by atomic mass is 79.9. The lowest BCUT2D eigenvalue weighted by Gasteiger charge is -2.12. The maximum absolute atomic E-state index is 11.7. The molecule has 98 valence electrons. The zero-order valence-electron chi connectivity index (χ0n) is 9.94. The molecule has 1 amide bonds. The molecule has 4 N–H and O–H groups in total. The molecule has 0 spiro atoms. The summed E-state index contributed by atoms with van der Waals surface area (Å²) in [4.78, 5) is 22.6. The first kappa shape index (κ1) is 14.7. The van der Waals surface area contributed by atoms with Crippen molar-refractivity contribution in [2.24, 2.45) is 5.73 Å². The summed E-state index contributed by atoms with van der Waals surface area (Å²) < 4.78 is 0.464. The highest BCUT2D eigenvalue weighted by Gasteiger charge is 2.14. The van der Waals surface area contributed by atoms with Crippen LogP contribution in [0.25, 0.3) is 0 Å². The number of benzene rings is 1.